The van der Waals surface area contributed by atoms with Crippen LogP contribution in [0.2, 0.25) is 0 Å². The van der Waals surface area contributed by atoms with Crippen LogP contribution < -0.4 is 10.3 Å². The van der Waals surface area contributed by atoms with Crippen molar-refractivity contribution >= 4 is 12.0 Å². The van der Waals surface area contributed by atoms with Crippen molar-refractivity contribution in [1.82, 2.24) is 14.4 Å². The first-order chi connectivity index (χ1) is 11.6. The number of amides is 2. The fourth-order valence-corrected chi connectivity index (χ4v) is 3.20. The Bertz CT molecular complexity index is 679. The summed E-state index contributed by atoms with van der Waals surface area (Å²) in [4.78, 5) is 39.6. The molecule has 0 bridgehead atoms. The van der Waals surface area contributed by atoms with Crippen molar-refractivity contribution in [1.29, 1.82) is 0 Å². The zero-order valence-electron chi connectivity index (χ0n) is 13.6. The van der Waals surface area contributed by atoms with E-state index in [4.69, 9.17) is 9.47 Å². The molecule has 8 nitrogen and oxygen atoms in total. The lowest BCUT2D eigenvalue weighted by Crippen LogP contribution is -2.48. The first-order valence-corrected chi connectivity index (χ1v) is 8.05. The van der Waals surface area contributed by atoms with E-state index >= 15 is 0 Å². The van der Waals surface area contributed by atoms with Crippen LogP contribution in [-0.4, -0.2) is 65.8 Å². The zero-order valence-corrected chi connectivity index (χ0v) is 13.6. The van der Waals surface area contributed by atoms with Crippen LogP contribution >= 0.6 is 0 Å². The Kier molecular flexibility index (Phi) is 4.73. The van der Waals surface area contributed by atoms with Gasteiger partial charge in [-0.05, 0) is 25.0 Å². The third kappa shape index (κ3) is 3.22. The Morgan fingerprint density at radius 3 is 2.67 bits per heavy atom. The molecule has 0 aromatic carbocycles. The molecular formula is C16H21N3O5. The van der Waals surface area contributed by atoms with Gasteiger partial charge < -0.3 is 23.8 Å². The number of ether oxygens (including phenoxy) is 2. The van der Waals surface area contributed by atoms with Crippen molar-refractivity contribution < 1.29 is 19.1 Å². The molecule has 0 atom stereocenters. The maximum atomic E-state index is 12.4. The maximum absolute atomic E-state index is 12.4. The van der Waals surface area contributed by atoms with Crippen molar-refractivity contribution in [3.63, 3.8) is 0 Å². The van der Waals surface area contributed by atoms with E-state index in [0.29, 0.717) is 26.2 Å². The van der Waals surface area contributed by atoms with E-state index in [1.54, 1.807) is 28.1 Å². The summed E-state index contributed by atoms with van der Waals surface area (Å²) in [5, 5.41) is 0. The highest BCUT2D eigenvalue weighted by molar-refractivity contribution is 5.76. The molecule has 2 fully saturated rings. The largest absolute Gasteiger partial charge is 0.491 e. The average Bonchev–Trinajstić information content (AvgIpc) is 3.03. The predicted molar refractivity (Wildman–Crippen MR) is 84.9 cm³/mol. The first-order valence-electron chi connectivity index (χ1n) is 8.05. The second-order valence-electron chi connectivity index (χ2n) is 5.93. The third-order valence-electron chi connectivity index (χ3n) is 4.56. The van der Waals surface area contributed by atoms with E-state index < -0.39 is 0 Å². The van der Waals surface area contributed by atoms with Crippen LogP contribution in [0.1, 0.15) is 12.8 Å². The van der Waals surface area contributed by atoms with Crippen LogP contribution in [-0.2, 0) is 16.1 Å². The summed E-state index contributed by atoms with van der Waals surface area (Å²) in [7, 11) is 1.43. The molecule has 0 radical (unpaired) electrons. The molecule has 2 amide bonds. The SMILES string of the molecule is COc1cccn(CC(=O)N2CCC(N3CCOC3=O)CC2)c1=O. The van der Waals surface area contributed by atoms with Gasteiger partial charge in [0.2, 0.25) is 5.91 Å². The molecule has 1 aromatic rings. The minimum atomic E-state index is -0.317. The number of carbonyl (C=O) groups excluding carboxylic acids is 2. The van der Waals surface area contributed by atoms with E-state index in [-0.39, 0.29) is 35.9 Å². The highest BCUT2D eigenvalue weighted by Crippen LogP contribution is 2.20. The Morgan fingerprint density at radius 1 is 1.29 bits per heavy atom. The molecule has 0 spiro atoms. The van der Waals surface area contributed by atoms with Gasteiger partial charge in [-0.2, -0.15) is 0 Å². The molecule has 0 N–H and O–H groups in total. The molecule has 2 aliphatic rings. The monoisotopic (exact) mass is 335 g/mol. The van der Waals surface area contributed by atoms with Crippen LogP contribution in [0, 0.1) is 0 Å². The van der Waals surface area contributed by atoms with Gasteiger partial charge in [-0.3, -0.25) is 9.59 Å². The summed E-state index contributed by atoms with van der Waals surface area (Å²) in [6.07, 6.45) is 2.78. The van der Waals surface area contributed by atoms with Gasteiger partial charge in [0.1, 0.15) is 13.2 Å². The molecule has 2 saturated heterocycles. The Labute approximate surface area is 139 Å². The molecule has 24 heavy (non-hydrogen) atoms. The fraction of sp³-hybridized carbons (Fsp3) is 0.562. The molecule has 130 valence electrons. The Balaban J connectivity index is 1.58. The van der Waals surface area contributed by atoms with Gasteiger partial charge >= 0.3 is 6.09 Å². The Hall–Kier alpha value is -2.51. The number of pyridine rings is 1. The number of nitrogens with zero attached hydrogens (tertiary/aromatic N) is 3. The van der Waals surface area contributed by atoms with Crippen molar-refractivity contribution in [2.24, 2.45) is 0 Å². The summed E-state index contributed by atoms with van der Waals surface area (Å²) >= 11 is 0. The van der Waals surface area contributed by atoms with E-state index in [9.17, 15) is 14.4 Å². The van der Waals surface area contributed by atoms with Gasteiger partial charge in [-0.15, -0.1) is 0 Å². The van der Waals surface area contributed by atoms with Gasteiger partial charge in [-0.25, -0.2) is 4.79 Å². The molecule has 3 rings (SSSR count). The van der Waals surface area contributed by atoms with Crippen LogP contribution in [0.3, 0.4) is 0 Å². The lowest BCUT2D eigenvalue weighted by Gasteiger charge is -2.35. The minimum Gasteiger partial charge on any atom is -0.491 e. The number of cyclic esters (lactones) is 1. The van der Waals surface area contributed by atoms with E-state index in [1.165, 1.54) is 11.7 Å². The second kappa shape index (κ2) is 6.94. The number of aromatic nitrogens is 1. The molecule has 1 aromatic heterocycles. The normalized spacial score (nSPS) is 18.6. The van der Waals surface area contributed by atoms with Gasteiger partial charge in [0, 0.05) is 25.3 Å². The van der Waals surface area contributed by atoms with Gasteiger partial charge in [0.25, 0.3) is 5.56 Å². The molecule has 0 aliphatic carbocycles. The lowest BCUT2D eigenvalue weighted by atomic mass is 10.0. The fourth-order valence-electron chi connectivity index (χ4n) is 3.20. The molecule has 0 unspecified atom stereocenters. The summed E-state index contributed by atoms with van der Waals surface area (Å²) in [5.41, 5.74) is -0.317. The van der Waals surface area contributed by atoms with Crippen LogP contribution in [0.4, 0.5) is 4.79 Å². The molecule has 2 aliphatic heterocycles. The summed E-state index contributed by atoms with van der Waals surface area (Å²) in [6.45, 7) is 2.21. The number of methoxy groups -OCH3 is 1. The number of piperidine rings is 1. The zero-order chi connectivity index (χ0) is 17.1. The molecular weight excluding hydrogens is 314 g/mol. The number of likely N-dealkylation sites (tertiary alicyclic amines) is 1. The number of rotatable bonds is 4. The summed E-state index contributed by atoms with van der Waals surface area (Å²) in [5.74, 6) is 0.115. The smallest absolute Gasteiger partial charge is 0.410 e. The van der Waals surface area contributed by atoms with Crippen molar-refractivity contribution in [2.45, 2.75) is 25.4 Å². The number of hydrogen-bond donors (Lipinski definition) is 0. The quantitative estimate of drug-likeness (QED) is 0.790. The summed E-state index contributed by atoms with van der Waals surface area (Å²) in [6, 6.07) is 3.38. The predicted octanol–water partition coefficient (Wildman–Crippen LogP) is 0.300. The Morgan fingerprint density at radius 2 is 2.04 bits per heavy atom. The van der Waals surface area contributed by atoms with Crippen molar-refractivity contribution in [3.05, 3.63) is 28.7 Å². The van der Waals surface area contributed by atoms with Crippen LogP contribution in [0.25, 0.3) is 0 Å². The lowest BCUT2D eigenvalue weighted by molar-refractivity contribution is -0.133. The van der Waals surface area contributed by atoms with Gasteiger partial charge in [0.15, 0.2) is 5.75 Å². The third-order valence-corrected chi connectivity index (χ3v) is 4.56. The molecule has 3 heterocycles. The summed E-state index contributed by atoms with van der Waals surface area (Å²) < 4.78 is 11.3. The standard InChI is InChI=1S/C16H21N3O5/c1-23-13-3-2-6-18(15(13)21)11-14(20)17-7-4-12(5-8-17)19-9-10-24-16(19)22/h2-3,6,12H,4-5,7-11H2,1H3. The second-order valence-corrected chi connectivity index (χ2v) is 5.93. The van der Waals surface area contributed by atoms with E-state index in [0.717, 1.165) is 12.8 Å². The molecule has 8 heteroatoms. The number of hydrogen-bond acceptors (Lipinski definition) is 5. The maximum Gasteiger partial charge on any atom is 0.410 e. The first kappa shape index (κ1) is 16.4. The van der Waals surface area contributed by atoms with Crippen LogP contribution in [0.15, 0.2) is 23.1 Å². The highest BCUT2D eigenvalue weighted by atomic mass is 16.6. The average molecular weight is 335 g/mol. The molecule has 0 saturated carbocycles. The van der Waals surface area contributed by atoms with Gasteiger partial charge in [-0.1, -0.05) is 0 Å². The van der Waals surface area contributed by atoms with E-state index in [2.05, 4.69) is 0 Å². The van der Waals surface area contributed by atoms with Crippen molar-refractivity contribution in [2.75, 3.05) is 33.4 Å². The topological polar surface area (TPSA) is 81.1 Å². The van der Waals surface area contributed by atoms with E-state index in [1.807, 2.05) is 0 Å². The highest BCUT2D eigenvalue weighted by Gasteiger charge is 2.33. The van der Waals surface area contributed by atoms with Gasteiger partial charge in [0.05, 0.1) is 13.7 Å². The minimum absolute atomic E-state index is 0.00748. The van der Waals surface area contributed by atoms with Crippen LogP contribution in [0.5, 0.6) is 5.75 Å². The number of carbonyl (C=O) groups is 2. The van der Waals surface area contributed by atoms with Crippen molar-refractivity contribution in [3.8, 4) is 5.75 Å².